The van der Waals surface area contributed by atoms with E-state index in [1.54, 1.807) is 6.08 Å². The van der Waals surface area contributed by atoms with Crippen LogP contribution in [0.25, 0.3) is 0 Å². The van der Waals surface area contributed by atoms with Crippen molar-refractivity contribution in [3.8, 4) is 0 Å². The summed E-state index contributed by atoms with van der Waals surface area (Å²) in [4.78, 5) is 11.5. The average Bonchev–Trinajstić information content (AvgIpc) is 2.34. The van der Waals surface area contributed by atoms with Crippen LogP contribution in [0.15, 0.2) is 23.8 Å². The summed E-state index contributed by atoms with van der Waals surface area (Å²) in [6.45, 7) is 14.9. The summed E-state index contributed by atoms with van der Waals surface area (Å²) in [6.07, 6.45) is 9.30. The molecule has 0 radical (unpaired) electrons. The van der Waals surface area contributed by atoms with Crippen LogP contribution in [0.2, 0.25) is 0 Å². The Morgan fingerprint density at radius 1 is 1.05 bits per heavy atom. The summed E-state index contributed by atoms with van der Waals surface area (Å²) in [7, 11) is 0. The smallest absolute Gasteiger partial charge is 0.331 e. The molecule has 2 atom stereocenters. The van der Waals surface area contributed by atoms with Gasteiger partial charge in [0.25, 0.3) is 0 Å². The van der Waals surface area contributed by atoms with Crippen molar-refractivity contribution in [1.29, 1.82) is 0 Å². The van der Waals surface area contributed by atoms with Crippen LogP contribution in [-0.4, -0.2) is 12.1 Å². The van der Waals surface area contributed by atoms with Crippen LogP contribution in [0.5, 0.6) is 0 Å². The molecule has 2 heteroatoms. The molecule has 0 fully saturated rings. The number of allylic oxidation sites excluding steroid dienone is 3. The van der Waals surface area contributed by atoms with Gasteiger partial charge in [-0.1, -0.05) is 52.7 Å². The van der Waals surface area contributed by atoms with Crippen LogP contribution in [-0.2, 0) is 9.53 Å². The van der Waals surface area contributed by atoms with Gasteiger partial charge >= 0.3 is 5.97 Å². The lowest BCUT2D eigenvalue weighted by atomic mass is 9.89. The van der Waals surface area contributed by atoms with E-state index in [0.29, 0.717) is 5.92 Å². The predicted octanol–water partition coefficient (Wildman–Crippen LogP) is 5.54. The Hall–Kier alpha value is -1.05. The Kier molecular flexibility index (Phi) is 10.1. The lowest BCUT2D eigenvalue weighted by Gasteiger charge is -2.17. The largest absolute Gasteiger partial charge is 0.460 e. The minimum absolute atomic E-state index is 0.0616. The molecule has 0 saturated carbocycles. The van der Waals surface area contributed by atoms with E-state index in [4.69, 9.17) is 4.74 Å². The maximum atomic E-state index is 11.5. The highest BCUT2D eigenvalue weighted by Crippen LogP contribution is 2.21. The van der Waals surface area contributed by atoms with Gasteiger partial charge in [0.2, 0.25) is 0 Å². The van der Waals surface area contributed by atoms with E-state index in [-0.39, 0.29) is 12.1 Å². The van der Waals surface area contributed by atoms with Gasteiger partial charge in [-0.15, -0.1) is 0 Å². The second-order valence-corrected chi connectivity index (χ2v) is 6.92. The molecule has 122 valence electrons. The Labute approximate surface area is 131 Å². The Morgan fingerprint density at radius 2 is 1.67 bits per heavy atom. The fraction of sp³-hybridized carbons (Fsp3) is 0.737. The highest BCUT2D eigenvalue weighted by molar-refractivity contribution is 5.83. The van der Waals surface area contributed by atoms with Crippen LogP contribution < -0.4 is 0 Å². The summed E-state index contributed by atoms with van der Waals surface area (Å²) in [6, 6.07) is 0. The summed E-state index contributed by atoms with van der Waals surface area (Å²) >= 11 is 0. The molecule has 0 rings (SSSR count). The SMILES string of the molecule is CC(C=CCC(C)CCC(C)C(C)C)=CC(=O)OC(C)C. The van der Waals surface area contributed by atoms with Gasteiger partial charge < -0.3 is 4.74 Å². The van der Waals surface area contributed by atoms with E-state index in [2.05, 4.69) is 33.8 Å². The molecule has 0 aliphatic heterocycles. The van der Waals surface area contributed by atoms with Crippen molar-refractivity contribution in [3.05, 3.63) is 23.8 Å². The monoisotopic (exact) mass is 294 g/mol. The van der Waals surface area contributed by atoms with Crippen molar-refractivity contribution in [2.24, 2.45) is 17.8 Å². The first-order valence-corrected chi connectivity index (χ1v) is 8.27. The third-order valence-corrected chi connectivity index (χ3v) is 3.87. The van der Waals surface area contributed by atoms with E-state index in [1.807, 2.05) is 26.8 Å². The predicted molar refractivity (Wildman–Crippen MR) is 91.1 cm³/mol. The van der Waals surface area contributed by atoms with E-state index in [1.165, 1.54) is 12.8 Å². The lowest BCUT2D eigenvalue weighted by Crippen LogP contribution is -2.08. The molecule has 0 heterocycles. The number of hydrogen-bond donors (Lipinski definition) is 0. The Morgan fingerprint density at radius 3 is 2.19 bits per heavy atom. The molecular weight excluding hydrogens is 260 g/mol. The number of rotatable bonds is 9. The number of hydrogen-bond acceptors (Lipinski definition) is 2. The molecule has 0 N–H and O–H groups in total. The summed E-state index contributed by atoms with van der Waals surface area (Å²) in [5.41, 5.74) is 0.948. The van der Waals surface area contributed by atoms with Crippen LogP contribution in [0.3, 0.4) is 0 Å². The van der Waals surface area contributed by atoms with E-state index in [0.717, 1.165) is 23.8 Å². The molecule has 0 aromatic rings. The third kappa shape index (κ3) is 11.3. The molecule has 0 aliphatic rings. The van der Waals surface area contributed by atoms with Crippen molar-refractivity contribution in [3.63, 3.8) is 0 Å². The molecule has 0 aromatic heterocycles. The van der Waals surface area contributed by atoms with Crippen LogP contribution >= 0.6 is 0 Å². The summed E-state index contributed by atoms with van der Waals surface area (Å²) in [5, 5.41) is 0. The van der Waals surface area contributed by atoms with Gasteiger partial charge in [0, 0.05) is 6.08 Å². The number of carbonyl (C=O) groups excluding carboxylic acids is 1. The van der Waals surface area contributed by atoms with Crippen LogP contribution in [0.1, 0.15) is 67.7 Å². The van der Waals surface area contributed by atoms with Gasteiger partial charge in [-0.05, 0) is 50.5 Å². The summed E-state index contributed by atoms with van der Waals surface area (Å²) in [5.74, 6) is 2.00. The minimum Gasteiger partial charge on any atom is -0.460 e. The molecule has 0 aromatic carbocycles. The molecule has 2 nitrogen and oxygen atoms in total. The highest BCUT2D eigenvalue weighted by atomic mass is 16.5. The van der Waals surface area contributed by atoms with Crippen molar-refractivity contribution in [1.82, 2.24) is 0 Å². The fourth-order valence-corrected chi connectivity index (χ4v) is 1.99. The fourth-order valence-electron chi connectivity index (χ4n) is 1.99. The van der Waals surface area contributed by atoms with Crippen molar-refractivity contribution in [2.75, 3.05) is 0 Å². The van der Waals surface area contributed by atoms with Gasteiger partial charge in [-0.3, -0.25) is 0 Å². The van der Waals surface area contributed by atoms with Crippen molar-refractivity contribution in [2.45, 2.75) is 73.8 Å². The normalized spacial score (nSPS) is 15.8. The van der Waals surface area contributed by atoms with Gasteiger partial charge in [0.15, 0.2) is 0 Å². The molecule has 0 bridgehead atoms. The first-order chi connectivity index (χ1) is 9.72. The van der Waals surface area contributed by atoms with Gasteiger partial charge in [-0.2, -0.15) is 0 Å². The zero-order valence-electron chi connectivity index (χ0n) is 15.0. The second kappa shape index (κ2) is 10.6. The molecule has 0 saturated heterocycles. The maximum absolute atomic E-state index is 11.5. The lowest BCUT2D eigenvalue weighted by molar-refractivity contribution is -0.141. The van der Waals surface area contributed by atoms with E-state index < -0.39 is 0 Å². The third-order valence-electron chi connectivity index (χ3n) is 3.87. The van der Waals surface area contributed by atoms with Crippen LogP contribution in [0.4, 0.5) is 0 Å². The topological polar surface area (TPSA) is 26.3 Å². The second-order valence-electron chi connectivity index (χ2n) is 6.92. The van der Waals surface area contributed by atoms with E-state index >= 15 is 0 Å². The first-order valence-electron chi connectivity index (χ1n) is 8.27. The standard InChI is InChI=1S/C19H34O2/c1-14(2)18(7)12-11-16(5)9-8-10-17(6)13-19(20)21-15(3)4/h8,10,13-16,18H,9,11-12H2,1-7H3. The zero-order chi connectivity index (χ0) is 16.4. The number of ether oxygens (including phenoxy) is 1. The summed E-state index contributed by atoms with van der Waals surface area (Å²) < 4.78 is 5.09. The maximum Gasteiger partial charge on any atom is 0.331 e. The van der Waals surface area contributed by atoms with E-state index in [9.17, 15) is 4.79 Å². The molecule has 0 spiro atoms. The van der Waals surface area contributed by atoms with Gasteiger partial charge in [-0.25, -0.2) is 4.79 Å². The highest BCUT2D eigenvalue weighted by Gasteiger charge is 2.09. The van der Waals surface area contributed by atoms with Crippen LogP contribution in [0, 0.1) is 17.8 Å². The minimum atomic E-state index is -0.258. The molecule has 0 amide bonds. The van der Waals surface area contributed by atoms with Gasteiger partial charge in [0.1, 0.15) is 0 Å². The molecule has 21 heavy (non-hydrogen) atoms. The van der Waals surface area contributed by atoms with Crippen molar-refractivity contribution >= 4 is 5.97 Å². The Balaban J connectivity index is 4.08. The quantitative estimate of drug-likeness (QED) is 0.317. The Bertz CT molecular complexity index is 351. The number of esters is 1. The molecular formula is C19H34O2. The van der Waals surface area contributed by atoms with Gasteiger partial charge in [0.05, 0.1) is 6.10 Å². The zero-order valence-corrected chi connectivity index (χ0v) is 15.0. The molecule has 0 aliphatic carbocycles. The van der Waals surface area contributed by atoms with Crippen molar-refractivity contribution < 1.29 is 9.53 Å². The average molecular weight is 294 g/mol. The molecule has 2 unspecified atom stereocenters. The number of carbonyl (C=O) groups is 1. The first kappa shape index (κ1) is 19.9.